The molecule has 1 saturated heterocycles. The summed E-state index contributed by atoms with van der Waals surface area (Å²) in [7, 11) is 3.28. The van der Waals surface area contributed by atoms with E-state index < -0.39 is 0 Å². The second-order valence-electron chi connectivity index (χ2n) is 6.69. The van der Waals surface area contributed by atoms with E-state index in [1.165, 1.54) is 12.8 Å². The van der Waals surface area contributed by atoms with Crippen molar-refractivity contribution in [3.63, 3.8) is 0 Å². The average Bonchev–Trinajstić information content (AvgIpc) is 3.29. The Morgan fingerprint density at radius 3 is 2.39 bits per heavy atom. The van der Waals surface area contributed by atoms with Crippen LogP contribution < -0.4 is 19.7 Å². The van der Waals surface area contributed by atoms with Gasteiger partial charge in [-0.15, -0.1) is 0 Å². The molecule has 6 heteroatoms. The predicted octanol–water partition coefficient (Wildman–Crippen LogP) is 4.50. The molecule has 0 saturated carbocycles. The highest BCUT2D eigenvalue weighted by atomic mass is 16.5. The minimum atomic E-state index is 0.696. The van der Waals surface area contributed by atoms with Crippen LogP contribution in [0.15, 0.2) is 54.6 Å². The fourth-order valence-corrected chi connectivity index (χ4v) is 3.35. The zero-order valence-corrected chi connectivity index (χ0v) is 16.2. The Bertz CT molecular complexity index is 941. The third kappa shape index (κ3) is 3.86. The molecule has 144 valence electrons. The van der Waals surface area contributed by atoms with Gasteiger partial charge in [-0.1, -0.05) is 30.3 Å². The summed E-state index contributed by atoms with van der Waals surface area (Å²) in [6, 6.07) is 17.8. The first-order valence-corrected chi connectivity index (χ1v) is 9.45. The Labute approximate surface area is 165 Å². The maximum absolute atomic E-state index is 5.51. The quantitative estimate of drug-likeness (QED) is 0.683. The normalized spacial score (nSPS) is 13.4. The lowest BCUT2D eigenvalue weighted by molar-refractivity contribution is 0.395. The van der Waals surface area contributed by atoms with E-state index >= 15 is 0 Å². The molecule has 6 nitrogen and oxygen atoms in total. The van der Waals surface area contributed by atoms with Crippen molar-refractivity contribution in [2.24, 2.45) is 0 Å². The highest BCUT2D eigenvalue weighted by molar-refractivity contribution is 5.70. The second-order valence-corrected chi connectivity index (χ2v) is 6.69. The molecule has 2 aromatic carbocycles. The van der Waals surface area contributed by atoms with Crippen molar-refractivity contribution in [3.8, 4) is 22.8 Å². The molecule has 28 heavy (non-hydrogen) atoms. The molecule has 1 N–H and O–H groups in total. The van der Waals surface area contributed by atoms with Gasteiger partial charge in [-0.25, -0.2) is 4.98 Å². The number of hydrogen-bond donors (Lipinski definition) is 1. The maximum Gasteiger partial charge on any atom is 0.227 e. The molecule has 0 aliphatic carbocycles. The highest BCUT2D eigenvalue weighted by Gasteiger charge is 2.18. The Hall–Kier alpha value is -3.28. The Balaban J connectivity index is 1.72. The number of ether oxygens (including phenoxy) is 2. The number of hydrogen-bond acceptors (Lipinski definition) is 6. The van der Waals surface area contributed by atoms with Crippen LogP contribution in [0.5, 0.6) is 11.5 Å². The van der Waals surface area contributed by atoms with Crippen LogP contribution in [0.25, 0.3) is 11.3 Å². The largest absolute Gasteiger partial charge is 0.497 e. The van der Waals surface area contributed by atoms with Gasteiger partial charge in [-0.05, 0) is 25.0 Å². The lowest BCUT2D eigenvalue weighted by atomic mass is 10.1. The molecule has 0 bridgehead atoms. The molecule has 3 aromatic rings. The van der Waals surface area contributed by atoms with Gasteiger partial charge in [0.1, 0.15) is 17.3 Å². The van der Waals surface area contributed by atoms with Gasteiger partial charge in [0.2, 0.25) is 5.95 Å². The predicted molar refractivity (Wildman–Crippen MR) is 112 cm³/mol. The summed E-state index contributed by atoms with van der Waals surface area (Å²) in [5.41, 5.74) is 2.79. The first-order chi connectivity index (χ1) is 13.8. The molecule has 1 aliphatic heterocycles. The number of aromatic nitrogens is 2. The van der Waals surface area contributed by atoms with Crippen molar-refractivity contribution in [1.82, 2.24) is 9.97 Å². The molecule has 0 radical (unpaired) electrons. The number of anilines is 3. The van der Waals surface area contributed by atoms with Gasteiger partial charge < -0.3 is 19.7 Å². The number of nitrogens with zero attached hydrogens (tertiary/aromatic N) is 3. The van der Waals surface area contributed by atoms with E-state index in [4.69, 9.17) is 19.4 Å². The van der Waals surface area contributed by atoms with Crippen molar-refractivity contribution in [3.05, 3.63) is 54.6 Å². The molecule has 2 heterocycles. The van der Waals surface area contributed by atoms with Gasteiger partial charge in [0.05, 0.1) is 25.6 Å². The van der Waals surface area contributed by atoms with Crippen LogP contribution in [-0.2, 0) is 0 Å². The molecular formula is C22H24N4O2. The zero-order chi connectivity index (χ0) is 19.3. The number of methoxy groups -OCH3 is 2. The van der Waals surface area contributed by atoms with Gasteiger partial charge >= 0.3 is 0 Å². The topological polar surface area (TPSA) is 59.5 Å². The molecule has 1 fully saturated rings. The highest BCUT2D eigenvalue weighted by Crippen LogP contribution is 2.32. The van der Waals surface area contributed by atoms with E-state index in [0.717, 1.165) is 47.5 Å². The molecule has 0 unspecified atom stereocenters. The summed E-state index contributed by atoms with van der Waals surface area (Å²) in [5, 5.41) is 3.39. The van der Waals surface area contributed by atoms with Crippen molar-refractivity contribution in [2.75, 3.05) is 37.5 Å². The first kappa shape index (κ1) is 18.1. The van der Waals surface area contributed by atoms with E-state index in [9.17, 15) is 0 Å². The van der Waals surface area contributed by atoms with Crippen LogP contribution in [0.2, 0.25) is 0 Å². The minimum absolute atomic E-state index is 0.696. The van der Waals surface area contributed by atoms with E-state index in [1.54, 1.807) is 14.2 Å². The summed E-state index contributed by atoms with van der Waals surface area (Å²) >= 11 is 0. The minimum Gasteiger partial charge on any atom is -0.497 e. The standard InChI is InChI=1S/C22H24N4O2/c1-27-17-10-11-18(20(14-17)28-2)23-21-15-19(16-8-4-3-5-9-16)24-22(25-21)26-12-6-7-13-26/h3-5,8-11,14-15H,6-7,12-13H2,1-2H3,(H,23,24,25). The van der Waals surface area contributed by atoms with Crippen LogP contribution in [0.4, 0.5) is 17.5 Å². The van der Waals surface area contributed by atoms with Crippen molar-refractivity contribution in [2.45, 2.75) is 12.8 Å². The molecule has 0 amide bonds. The van der Waals surface area contributed by atoms with Gasteiger partial charge in [-0.3, -0.25) is 0 Å². The summed E-state index contributed by atoms with van der Waals surface area (Å²) in [6.45, 7) is 1.98. The van der Waals surface area contributed by atoms with E-state index in [0.29, 0.717) is 5.75 Å². The number of benzene rings is 2. The number of rotatable bonds is 6. The Morgan fingerprint density at radius 1 is 0.893 bits per heavy atom. The molecule has 0 spiro atoms. The van der Waals surface area contributed by atoms with Gasteiger partial charge in [0, 0.05) is 30.8 Å². The average molecular weight is 376 g/mol. The molecule has 0 atom stereocenters. The van der Waals surface area contributed by atoms with Gasteiger partial charge in [0.15, 0.2) is 0 Å². The molecular weight excluding hydrogens is 352 g/mol. The fourth-order valence-electron chi connectivity index (χ4n) is 3.35. The van der Waals surface area contributed by atoms with E-state index in [2.05, 4.69) is 22.3 Å². The van der Waals surface area contributed by atoms with Crippen molar-refractivity contribution < 1.29 is 9.47 Å². The van der Waals surface area contributed by atoms with Crippen LogP contribution in [-0.4, -0.2) is 37.3 Å². The number of nitrogens with one attached hydrogen (secondary N) is 1. The second kappa shape index (κ2) is 8.17. The Kier molecular flexibility index (Phi) is 5.28. The van der Waals surface area contributed by atoms with Crippen LogP contribution in [0.3, 0.4) is 0 Å². The monoisotopic (exact) mass is 376 g/mol. The van der Waals surface area contributed by atoms with Gasteiger partial charge in [-0.2, -0.15) is 4.98 Å². The van der Waals surface area contributed by atoms with Crippen LogP contribution in [0.1, 0.15) is 12.8 Å². The zero-order valence-electron chi connectivity index (χ0n) is 16.2. The van der Waals surface area contributed by atoms with Crippen molar-refractivity contribution in [1.29, 1.82) is 0 Å². The lowest BCUT2D eigenvalue weighted by Gasteiger charge is -2.18. The fraction of sp³-hybridized carbons (Fsp3) is 0.273. The first-order valence-electron chi connectivity index (χ1n) is 9.45. The molecule has 4 rings (SSSR count). The smallest absolute Gasteiger partial charge is 0.227 e. The summed E-state index contributed by atoms with van der Waals surface area (Å²) in [6.07, 6.45) is 2.35. The summed E-state index contributed by atoms with van der Waals surface area (Å²) in [5.74, 6) is 2.93. The summed E-state index contributed by atoms with van der Waals surface area (Å²) in [4.78, 5) is 11.8. The third-order valence-electron chi connectivity index (χ3n) is 4.84. The summed E-state index contributed by atoms with van der Waals surface area (Å²) < 4.78 is 10.8. The van der Waals surface area contributed by atoms with E-state index in [-0.39, 0.29) is 0 Å². The van der Waals surface area contributed by atoms with Gasteiger partial charge in [0.25, 0.3) is 0 Å². The third-order valence-corrected chi connectivity index (χ3v) is 4.84. The Morgan fingerprint density at radius 2 is 1.68 bits per heavy atom. The SMILES string of the molecule is COc1ccc(Nc2cc(-c3ccccc3)nc(N3CCCC3)n2)c(OC)c1. The van der Waals surface area contributed by atoms with Crippen molar-refractivity contribution >= 4 is 17.5 Å². The van der Waals surface area contributed by atoms with Crippen LogP contribution >= 0.6 is 0 Å². The van der Waals surface area contributed by atoms with E-state index in [1.807, 2.05) is 42.5 Å². The molecule has 1 aromatic heterocycles. The lowest BCUT2D eigenvalue weighted by Crippen LogP contribution is -2.21. The maximum atomic E-state index is 5.51. The molecule has 1 aliphatic rings. The van der Waals surface area contributed by atoms with Crippen LogP contribution in [0, 0.1) is 0 Å².